The molecule has 0 aliphatic rings. The lowest BCUT2D eigenvalue weighted by Gasteiger charge is -2.11. The van der Waals surface area contributed by atoms with E-state index in [1.54, 1.807) is 18.2 Å². The van der Waals surface area contributed by atoms with Crippen LogP contribution in [0.3, 0.4) is 0 Å². The van der Waals surface area contributed by atoms with Crippen LogP contribution in [0.2, 0.25) is 15.1 Å². The van der Waals surface area contributed by atoms with Crippen molar-refractivity contribution in [3.05, 3.63) is 85.6 Å². The summed E-state index contributed by atoms with van der Waals surface area (Å²) in [4.78, 5) is 23.4. The van der Waals surface area contributed by atoms with E-state index in [1.807, 2.05) is 24.5 Å². The lowest BCUT2D eigenvalue weighted by Crippen LogP contribution is -2.18. The van der Waals surface area contributed by atoms with Crippen molar-refractivity contribution in [2.45, 2.75) is 13.8 Å². The summed E-state index contributed by atoms with van der Waals surface area (Å²) in [6, 6.07) is 11.2. The van der Waals surface area contributed by atoms with Crippen LogP contribution in [0.4, 0.5) is 0 Å². The van der Waals surface area contributed by atoms with Crippen LogP contribution in [0.1, 0.15) is 37.7 Å². The number of hydrazone groups is 1. The number of carbonyl (C=O) groups excluding carboxylic acids is 1. The largest absolute Gasteiger partial charge is 0.478 e. The van der Waals surface area contributed by atoms with E-state index in [0.29, 0.717) is 5.02 Å². The summed E-state index contributed by atoms with van der Waals surface area (Å²) < 4.78 is 1.91. The summed E-state index contributed by atoms with van der Waals surface area (Å²) >= 11 is 18.0. The minimum atomic E-state index is -1.09. The van der Waals surface area contributed by atoms with Crippen molar-refractivity contribution in [2.24, 2.45) is 5.10 Å². The highest BCUT2D eigenvalue weighted by Crippen LogP contribution is 2.25. The van der Waals surface area contributed by atoms with Gasteiger partial charge in [0.1, 0.15) is 0 Å². The van der Waals surface area contributed by atoms with Crippen LogP contribution < -0.4 is 5.43 Å². The van der Waals surface area contributed by atoms with Gasteiger partial charge in [-0.15, -0.1) is 0 Å². The first-order valence-corrected chi connectivity index (χ1v) is 9.83. The Kier molecular flexibility index (Phi) is 6.51. The zero-order valence-electron chi connectivity index (χ0n) is 15.9. The molecule has 1 aromatic heterocycles. The highest BCUT2D eigenvalue weighted by molar-refractivity contribution is 6.36. The third-order valence-corrected chi connectivity index (χ3v) is 5.32. The van der Waals surface area contributed by atoms with Gasteiger partial charge in [0.25, 0.3) is 5.91 Å². The summed E-state index contributed by atoms with van der Waals surface area (Å²) in [7, 11) is 0. The zero-order valence-corrected chi connectivity index (χ0v) is 18.2. The molecule has 0 aliphatic heterocycles. The van der Waals surface area contributed by atoms with E-state index in [9.17, 15) is 9.59 Å². The molecule has 1 amide bonds. The Labute approximate surface area is 187 Å². The van der Waals surface area contributed by atoms with Crippen molar-refractivity contribution < 1.29 is 14.7 Å². The van der Waals surface area contributed by atoms with Crippen LogP contribution in [0.5, 0.6) is 0 Å². The first-order valence-electron chi connectivity index (χ1n) is 8.69. The maximum Gasteiger partial charge on any atom is 0.337 e. The fraction of sp³-hybridized carbons (Fsp3) is 0.0952. The van der Waals surface area contributed by atoms with Crippen molar-refractivity contribution in [1.82, 2.24) is 9.99 Å². The van der Waals surface area contributed by atoms with Crippen molar-refractivity contribution in [3.8, 4) is 5.69 Å². The van der Waals surface area contributed by atoms with Gasteiger partial charge in [-0.2, -0.15) is 5.10 Å². The van der Waals surface area contributed by atoms with E-state index in [1.165, 1.54) is 24.4 Å². The molecule has 30 heavy (non-hydrogen) atoms. The molecule has 0 saturated heterocycles. The van der Waals surface area contributed by atoms with E-state index in [-0.39, 0.29) is 21.2 Å². The number of aromatic nitrogens is 1. The van der Waals surface area contributed by atoms with E-state index in [2.05, 4.69) is 10.5 Å². The van der Waals surface area contributed by atoms with Gasteiger partial charge in [0.15, 0.2) is 0 Å². The molecule has 0 radical (unpaired) electrons. The molecule has 2 aromatic carbocycles. The number of aryl methyl sites for hydroxylation is 1. The number of carboxylic acids is 1. The maximum absolute atomic E-state index is 12.2. The Morgan fingerprint density at radius 1 is 1.00 bits per heavy atom. The Bertz CT molecular complexity index is 1190. The molecule has 1 heterocycles. The van der Waals surface area contributed by atoms with Gasteiger partial charge in [-0.3, -0.25) is 4.79 Å². The number of rotatable bonds is 5. The fourth-order valence-electron chi connectivity index (χ4n) is 3.03. The van der Waals surface area contributed by atoms with Gasteiger partial charge < -0.3 is 9.67 Å². The maximum atomic E-state index is 12.2. The molecule has 154 valence electrons. The Hall–Kier alpha value is -2.80. The molecular weight excluding hydrogens is 449 g/mol. The van der Waals surface area contributed by atoms with Crippen LogP contribution in [0, 0.1) is 13.8 Å². The minimum absolute atomic E-state index is 0.0354. The standard InChI is InChI=1S/C21H16Cl3N3O3/c1-11-7-13(10-25-26-20(28)16-5-3-14(22)8-18(16)23)12(2)27(11)15-4-6-17(21(29)30)19(24)9-15/h3-10H,1-2H3,(H,26,28)(H,29,30)/b25-10-. The molecule has 0 aliphatic carbocycles. The van der Waals surface area contributed by atoms with Crippen LogP contribution in [-0.4, -0.2) is 27.8 Å². The van der Waals surface area contributed by atoms with Gasteiger partial charge in [0.05, 0.1) is 27.4 Å². The molecule has 9 heteroatoms. The summed E-state index contributed by atoms with van der Waals surface area (Å²) in [5, 5.41) is 14.0. The first kappa shape index (κ1) is 21.9. The molecule has 0 unspecified atom stereocenters. The SMILES string of the molecule is Cc1cc(/C=N\NC(=O)c2ccc(Cl)cc2Cl)c(C)n1-c1ccc(C(=O)O)c(Cl)c1. The predicted molar refractivity (Wildman–Crippen MR) is 119 cm³/mol. The first-order chi connectivity index (χ1) is 14.2. The predicted octanol–water partition coefficient (Wildman–Crippen LogP) is 5.52. The quantitative estimate of drug-likeness (QED) is 0.385. The third kappa shape index (κ3) is 4.51. The molecule has 0 saturated carbocycles. The number of hydrogen-bond acceptors (Lipinski definition) is 3. The molecule has 3 aromatic rings. The van der Waals surface area contributed by atoms with Gasteiger partial charge in [-0.25, -0.2) is 10.2 Å². The number of hydrogen-bond donors (Lipinski definition) is 2. The van der Waals surface area contributed by atoms with Crippen molar-refractivity contribution in [2.75, 3.05) is 0 Å². The molecule has 3 rings (SSSR count). The van der Waals surface area contributed by atoms with Gasteiger partial charge in [-0.05, 0) is 56.3 Å². The average molecular weight is 465 g/mol. The van der Waals surface area contributed by atoms with Gasteiger partial charge in [0.2, 0.25) is 0 Å². The summed E-state index contributed by atoms with van der Waals surface area (Å²) in [5.74, 6) is -1.55. The molecule has 2 N–H and O–H groups in total. The second kappa shape index (κ2) is 8.92. The number of halogens is 3. The minimum Gasteiger partial charge on any atom is -0.478 e. The summed E-state index contributed by atoms with van der Waals surface area (Å²) in [6.07, 6.45) is 1.52. The van der Waals surface area contributed by atoms with E-state index in [4.69, 9.17) is 39.9 Å². The van der Waals surface area contributed by atoms with Crippen LogP contribution in [0.25, 0.3) is 5.69 Å². The highest BCUT2D eigenvalue weighted by Gasteiger charge is 2.14. The lowest BCUT2D eigenvalue weighted by atomic mass is 10.2. The molecule has 0 bridgehead atoms. The fourth-order valence-corrected chi connectivity index (χ4v) is 3.78. The number of aromatic carboxylic acids is 1. The molecule has 0 atom stereocenters. The zero-order chi connectivity index (χ0) is 22.0. The lowest BCUT2D eigenvalue weighted by molar-refractivity contribution is 0.0697. The second-order valence-corrected chi connectivity index (χ2v) is 7.71. The van der Waals surface area contributed by atoms with E-state index < -0.39 is 11.9 Å². The van der Waals surface area contributed by atoms with Crippen LogP contribution in [0.15, 0.2) is 47.6 Å². The van der Waals surface area contributed by atoms with Crippen molar-refractivity contribution in [3.63, 3.8) is 0 Å². The molecule has 6 nitrogen and oxygen atoms in total. The summed E-state index contributed by atoms with van der Waals surface area (Å²) in [5.41, 5.74) is 5.96. The Morgan fingerprint density at radius 3 is 2.30 bits per heavy atom. The summed E-state index contributed by atoms with van der Waals surface area (Å²) in [6.45, 7) is 3.78. The van der Waals surface area contributed by atoms with E-state index >= 15 is 0 Å². The van der Waals surface area contributed by atoms with Gasteiger partial charge >= 0.3 is 5.97 Å². The molecule has 0 spiro atoms. The number of nitrogens with one attached hydrogen (secondary N) is 1. The van der Waals surface area contributed by atoms with Gasteiger partial charge in [-0.1, -0.05) is 34.8 Å². The number of nitrogens with zero attached hydrogens (tertiary/aromatic N) is 2. The number of carbonyl (C=O) groups is 2. The second-order valence-electron chi connectivity index (χ2n) is 6.45. The van der Waals surface area contributed by atoms with Crippen molar-refractivity contribution >= 4 is 52.9 Å². The molecule has 0 fully saturated rings. The topological polar surface area (TPSA) is 83.7 Å². The highest BCUT2D eigenvalue weighted by atomic mass is 35.5. The average Bonchev–Trinajstić information content (AvgIpc) is 2.94. The van der Waals surface area contributed by atoms with Gasteiger partial charge in [0, 0.05) is 27.7 Å². The Balaban J connectivity index is 1.83. The number of carboxylic acid groups (broad SMARTS) is 1. The van der Waals surface area contributed by atoms with Crippen LogP contribution in [-0.2, 0) is 0 Å². The van der Waals surface area contributed by atoms with E-state index in [0.717, 1.165) is 22.6 Å². The monoisotopic (exact) mass is 463 g/mol. The normalized spacial score (nSPS) is 11.1. The molecular formula is C21H16Cl3N3O3. The number of amides is 1. The number of benzene rings is 2. The Morgan fingerprint density at radius 2 is 1.67 bits per heavy atom. The smallest absolute Gasteiger partial charge is 0.337 e. The third-order valence-electron chi connectivity index (χ3n) is 4.46. The van der Waals surface area contributed by atoms with Crippen molar-refractivity contribution in [1.29, 1.82) is 0 Å². The van der Waals surface area contributed by atoms with Crippen LogP contribution >= 0.6 is 34.8 Å².